The van der Waals surface area contributed by atoms with Crippen molar-refractivity contribution < 1.29 is 23.8 Å². The third kappa shape index (κ3) is 3.97. The predicted octanol–water partition coefficient (Wildman–Crippen LogP) is 2.25. The van der Waals surface area contributed by atoms with E-state index in [1.165, 1.54) is 0 Å². The third-order valence-corrected chi connectivity index (χ3v) is 4.47. The molecule has 0 aromatic heterocycles. The van der Waals surface area contributed by atoms with Gasteiger partial charge >= 0.3 is 0 Å². The maximum atomic E-state index is 12.5. The van der Waals surface area contributed by atoms with Crippen molar-refractivity contribution in [2.45, 2.75) is 12.5 Å². The number of ether oxygens (including phenoxy) is 3. The fourth-order valence-corrected chi connectivity index (χ4v) is 3.08. The molecule has 7 heteroatoms. The van der Waals surface area contributed by atoms with Crippen molar-refractivity contribution in [1.29, 1.82) is 0 Å². The van der Waals surface area contributed by atoms with E-state index in [0.717, 1.165) is 0 Å². The predicted molar refractivity (Wildman–Crippen MR) is 101 cm³/mol. The molecule has 0 radical (unpaired) electrons. The van der Waals surface area contributed by atoms with E-state index in [9.17, 15) is 9.59 Å². The molecule has 2 aromatic carbocycles. The Morgan fingerprint density at radius 2 is 1.81 bits per heavy atom. The molecule has 3 rings (SSSR count). The molecular weight excluding hydrogens is 348 g/mol. The Balaban J connectivity index is 1.71. The highest BCUT2D eigenvalue weighted by molar-refractivity contribution is 5.99. The van der Waals surface area contributed by atoms with Crippen LogP contribution in [-0.2, 0) is 4.79 Å². The molecule has 1 aliphatic heterocycles. The molecule has 2 amide bonds. The van der Waals surface area contributed by atoms with Gasteiger partial charge in [0.2, 0.25) is 5.91 Å². The van der Waals surface area contributed by atoms with Crippen molar-refractivity contribution in [2.24, 2.45) is 0 Å². The summed E-state index contributed by atoms with van der Waals surface area (Å²) in [5.74, 6) is 1.46. The average Bonchev–Trinajstić information content (AvgIpc) is 3.07. The van der Waals surface area contributed by atoms with Crippen LogP contribution in [0.2, 0.25) is 0 Å². The van der Waals surface area contributed by atoms with Crippen LogP contribution >= 0.6 is 0 Å². The largest absolute Gasteiger partial charge is 0.497 e. The van der Waals surface area contributed by atoms with Gasteiger partial charge in [-0.3, -0.25) is 9.59 Å². The zero-order chi connectivity index (χ0) is 19.4. The quantitative estimate of drug-likeness (QED) is 0.844. The maximum Gasteiger partial charge on any atom is 0.251 e. The number of nitrogens with zero attached hydrogens (tertiary/aromatic N) is 1. The fraction of sp³-hybridized carbons (Fsp3) is 0.300. The molecule has 1 heterocycles. The second kappa shape index (κ2) is 7.99. The number of carbonyl (C=O) groups excluding carboxylic acids is 2. The number of benzene rings is 2. The lowest BCUT2D eigenvalue weighted by Gasteiger charge is -2.19. The van der Waals surface area contributed by atoms with Crippen LogP contribution in [0.25, 0.3) is 0 Å². The average molecular weight is 370 g/mol. The molecule has 0 spiro atoms. The molecule has 1 aliphatic rings. The Bertz CT molecular complexity index is 852. The van der Waals surface area contributed by atoms with Gasteiger partial charge in [-0.25, -0.2) is 0 Å². The summed E-state index contributed by atoms with van der Waals surface area (Å²) in [4.78, 5) is 26.5. The summed E-state index contributed by atoms with van der Waals surface area (Å²) < 4.78 is 15.7. The van der Waals surface area contributed by atoms with Crippen molar-refractivity contribution in [1.82, 2.24) is 5.32 Å². The molecular formula is C20H22N2O5. The van der Waals surface area contributed by atoms with E-state index in [4.69, 9.17) is 14.2 Å². The lowest BCUT2D eigenvalue weighted by molar-refractivity contribution is -0.117. The van der Waals surface area contributed by atoms with Crippen LogP contribution in [0.3, 0.4) is 0 Å². The highest BCUT2D eigenvalue weighted by Gasteiger charge is 2.32. The summed E-state index contributed by atoms with van der Waals surface area (Å²) in [6.07, 6.45) is 0.240. The van der Waals surface area contributed by atoms with Gasteiger partial charge in [0.05, 0.1) is 27.4 Å². The topological polar surface area (TPSA) is 77.1 Å². The summed E-state index contributed by atoms with van der Waals surface area (Å²) in [5.41, 5.74) is 1.20. The summed E-state index contributed by atoms with van der Waals surface area (Å²) in [7, 11) is 4.65. The number of nitrogens with one attached hydrogen (secondary N) is 1. The van der Waals surface area contributed by atoms with Crippen LogP contribution in [-0.4, -0.2) is 45.7 Å². The molecule has 0 unspecified atom stereocenters. The van der Waals surface area contributed by atoms with Gasteiger partial charge in [0, 0.05) is 30.3 Å². The lowest BCUT2D eigenvalue weighted by atomic mass is 10.1. The van der Waals surface area contributed by atoms with E-state index in [1.807, 2.05) is 0 Å². The number of rotatable bonds is 6. The summed E-state index contributed by atoms with van der Waals surface area (Å²) in [6, 6.07) is 11.9. The second-order valence-electron chi connectivity index (χ2n) is 6.15. The molecule has 142 valence electrons. The van der Waals surface area contributed by atoms with Crippen molar-refractivity contribution in [2.75, 3.05) is 32.8 Å². The molecule has 0 aliphatic carbocycles. The first-order valence-electron chi connectivity index (χ1n) is 8.53. The summed E-state index contributed by atoms with van der Waals surface area (Å²) in [5, 5.41) is 2.91. The molecule has 0 bridgehead atoms. The second-order valence-corrected chi connectivity index (χ2v) is 6.15. The van der Waals surface area contributed by atoms with Crippen molar-refractivity contribution in [3.8, 4) is 17.2 Å². The Morgan fingerprint density at radius 3 is 2.52 bits per heavy atom. The minimum absolute atomic E-state index is 0.0573. The zero-order valence-corrected chi connectivity index (χ0v) is 15.5. The van der Waals surface area contributed by atoms with E-state index in [1.54, 1.807) is 68.7 Å². The standard InChI is InChI=1S/C20H22N2O5/c1-25-16-6-4-5-13(9-16)20(24)21-14-10-19(23)22(12-14)15-7-8-17(26-2)18(11-15)27-3/h4-9,11,14H,10,12H2,1-3H3,(H,21,24)/t14-/m1/s1. The van der Waals surface area contributed by atoms with Gasteiger partial charge < -0.3 is 24.4 Å². The van der Waals surface area contributed by atoms with Crippen LogP contribution in [0, 0.1) is 0 Å². The Labute approximate surface area is 157 Å². The molecule has 27 heavy (non-hydrogen) atoms. The molecule has 1 atom stereocenters. The molecule has 0 saturated carbocycles. The monoisotopic (exact) mass is 370 g/mol. The molecule has 1 N–H and O–H groups in total. The van der Waals surface area contributed by atoms with E-state index in [0.29, 0.717) is 35.0 Å². The minimum Gasteiger partial charge on any atom is -0.497 e. The minimum atomic E-state index is -0.274. The number of hydrogen-bond acceptors (Lipinski definition) is 5. The summed E-state index contributed by atoms with van der Waals surface area (Å²) >= 11 is 0. The fourth-order valence-electron chi connectivity index (χ4n) is 3.08. The normalized spacial score (nSPS) is 16.2. The molecule has 1 saturated heterocycles. The van der Waals surface area contributed by atoms with Gasteiger partial charge in [-0.2, -0.15) is 0 Å². The van der Waals surface area contributed by atoms with Crippen molar-refractivity contribution in [3.63, 3.8) is 0 Å². The molecule has 1 fully saturated rings. The summed E-state index contributed by atoms with van der Waals surface area (Å²) in [6.45, 7) is 0.393. The first-order valence-corrected chi connectivity index (χ1v) is 8.53. The van der Waals surface area contributed by atoms with Crippen LogP contribution in [0.15, 0.2) is 42.5 Å². The van der Waals surface area contributed by atoms with Crippen LogP contribution < -0.4 is 24.4 Å². The van der Waals surface area contributed by atoms with Gasteiger partial charge in [0.1, 0.15) is 5.75 Å². The van der Waals surface area contributed by atoms with Crippen molar-refractivity contribution >= 4 is 17.5 Å². The highest BCUT2D eigenvalue weighted by atomic mass is 16.5. The number of carbonyl (C=O) groups is 2. The van der Waals surface area contributed by atoms with E-state index >= 15 is 0 Å². The number of methoxy groups -OCH3 is 3. The number of hydrogen-bond donors (Lipinski definition) is 1. The Kier molecular flexibility index (Phi) is 5.49. The van der Waals surface area contributed by atoms with Crippen LogP contribution in [0.4, 0.5) is 5.69 Å². The zero-order valence-electron chi connectivity index (χ0n) is 15.5. The Hall–Kier alpha value is -3.22. The van der Waals surface area contributed by atoms with Gasteiger partial charge in [-0.1, -0.05) is 6.07 Å². The van der Waals surface area contributed by atoms with Crippen LogP contribution in [0.1, 0.15) is 16.8 Å². The van der Waals surface area contributed by atoms with Gasteiger partial charge in [0.25, 0.3) is 5.91 Å². The van der Waals surface area contributed by atoms with E-state index in [-0.39, 0.29) is 24.3 Å². The van der Waals surface area contributed by atoms with E-state index < -0.39 is 0 Å². The first kappa shape index (κ1) is 18.6. The van der Waals surface area contributed by atoms with Crippen LogP contribution in [0.5, 0.6) is 17.2 Å². The lowest BCUT2D eigenvalue weighted by Crippen LogP contribution is -2.37. The maximum absolute atomic E-state index is 12.5. The van der Waals surface area contributed by atoms with Crippen molar-refractivity contribution in [3.05, 3.63) is 48.0 Å². The van der Waals surface area contributed by atoms with Gasteiger partial charge in [-0.15, -0.1) is 0 Å². The first-order chi connectivity index (χ1) is 13.0. The van der Waals surface area contributed by atoms with E-state index in [2.05, 4.69) is 5.32 Å². The molecule has 7 nitrogen and oxygen atoms in total. The smallest absolute Gasteiger partial charge is 0.251 e. The highest BCUT2D eigenvalue weighted by Crippen LogP contribution is 2.33. The number of anilines is 1. The number of amides is 2. The van der Waals surface area contributed by atoms with Gasteiger partial charge in [0.15, 0.2) is 11.5 Å². The SMILES string of the molecule is COc1cccc(C(=O)N[C@@H]2CC(=O)N(c3ccc(OC)c(OC)c3)C2)c1. The molecule has 2 aromatic rings. The Morgan fingerprint density at radius 1 is 1.04 bits per heavy atom. The third-order valence-electron chi connectivity index (χ3n) is 4.47. The van der Waals surface area contributed by atoms with Gasteiger partial charge in [-0.05, 0) is 30.3 Å².